The minimum absolute atomic E-state index is 0.0933. The van der Waals surface area contributed by atoms with Crippen molar-refractivity contribution < 1.29 is 16.8 Å². The van der Waals surface area contributed by atoms with Crippen molar-refractivity contribution in [1.29, 1.82) is 0 Å². The zero-order chi connectivity index (χ0) is 14.4. The van der Waals surface area contributed by atoms with Gasteiger partial charge in [-0.2, -0.15) is 0 Å². The van der Waals surface area contributed by atoms with Gasteiger partial charge in [-0.1, -0.05) is 0 Å². The SMILES string of the molecule is CC(C)(C)S(=O)(=O)CCNCCCNS(C)(=O)=O. The third-order valence-electron chi connectivity index (χ3n) is 2.38. The first-order valence-electron chi connectivity index (χ1n) is 5.83. The highest BCUT2D eigenvalue weighted by atomic mass is 32.2. The number of hydrogen-bond donors (Lipinski definition) is 2. The van der Waals surface area contributed by atoms with Crippen molar-refractivity contribution in [3.8, 4) is 0 Å². The van der Waals surface area contributed by atoms with E-state index in [2.05, 4.69) is 10.0 Å². The first kappa shape index (κ1) is 17.8. The topological polar surface area (TPSA) is 92.3 Å². The summed E-state index contributed by atoms with van der Waals surface area (Å²) in [5.74, 6) is 0.0933. The summed E-state index contributed by atoms with van der Waals surface area (Å²) in [6.07, 6.45) is 1.74. The van der Waals surface area contributed by atoms with E-state index < -0.39 is 24.6 Å². The van der Waals surface area contributed by atoms with Gasteiger partial charge in [0.15, 0.2) is 9.84 Å². The molecule has 0 bridgehead atoms. The van der Waals surface area contributed by atoms with Crippen molar-refractivity contribution in [2.45, 2.75) is 31.9 Å². The summed E-state index contributed by atoms with van der Waals surface area (Å²) in [5.41, 5.74) is 0. The van der Waals surface area contributed by atoms with Gasteiger partial charge in [-0.25, -0.2) is 21.6 Å². The van der Waals surface area contributed by atoms with Crippen LogP contribution in [0, 0.1) is 0 Å². The molecule has 0 aromatic carbocycles. The zero-order valence-corrected chi connectivity index (χ0v) is 13.1. The fraction of sp³-hybridized carbons (Fsp3) is 1.00. The van der Waals surface area contributed by atoms with Crippen molar-refractivity contribution in [3.05, 3.63) is 0 Å². The van der Waals surface area contributed by atoms with Crippen molar-refractivity contribution in [1.82, 2.24) is 10.0 Å². The summed E-state index contributed by atoms with van der Waals surface area (Å²) < 4.78 is 46.6. The van der Waals surface area contributed by atoms with Crippen LogP contribution in [0.5, 0.6) is 0 Å². The van der Waals surface area contributed by atoms with Crippen LogP contribution in [0.3, 0.4) is 0 Å². The molecule has 18 heavy (non-hydrogen) atoms. The molecule has 0 unspecified atom stereocenters. The van der Waals surface area contributed by atoms with E-state index in [4.69, 9.17) is 0 Å². The van der Waals surface area contributed by atoms with Gasteiger partial charge in [0.1, 0.15) is 0 Å². The second-order valence-corrected chi connectivity index (χ2v) is 9.90. The van der Waals surface area contributed by atoms with E-state index in [0.29, 0.717) is 26.1 Å². The molecule has 0 aliphatic carbocycles. The number of rotatable bonds is 8. The highest BCUT2D eigenvalue weighted by Crippen LogP contribution is 2.14. The van der Waals surface area contributed by atoms with Crippen molar-refractivity contribution in [2.75, 3.05) is 31.6 Å². The van der Waals surface area contributed by atoms with Gasteiger partial charge < -0.3 is 5.32 Å². The molecule has 0 radical (unpaired) electrons. The summed E-state index contributed by atoms with van der Waals surface area (Å²) in [6.45, 7) is 6.37. The van der Waals surface area contributed by atoms with Gasteiger partial charge in [-0.15, -0.1) is 0 Å². The molecular weight excluding hydrogens is 276 g/mol. The minimum Gasteiger partial charge on any atom is -0.316 e. The number of sulfonamides is 1. The average molecular weight is 300 g/mol. The Morgan fingerprint density at radius 3 is 1.94 bits per heavy atom. The molecule has 0 atom stereocenters. The molecule has 8 heteroatoms. The van der Waals surface area contributed by atoms with Crippen LogP contribution in [0.15, 0.2) is 0 Å². The van der Waals surface area contributed by atoms with Crippen LogP contribution in [-0.4, -0.2) is 53.2 Å². The summed E-state index contributed by atoms with van der Waals surface area (Å²) in [7, 11) is -6.22. The maximum Gasteiger partial charge on any atom is 0.208 e. The Bertz CT molecular complexity index is 435. The molecular formula is C10H24N2O4S2. The lowest BCUT2D eigenvalue weighted by Gasteiger charge is -2.19. The Labute approximate surface area is 111 Å². The van der Waals surface area contributed by atoms with Gasteiger partial charge >= 0.3 is 0 Å². The average Bonchev–Trinajstić information content (AvgIpc) is 2.12. The Hall–Kier alpha value is -0.180. The third kappa shape index (κ3) is 8.02. The summed E-state index contributed by atoms with van der Waals surface area (Å²) in [5, 5.41) is 2.99. The Kier molecular flexibility index (Phi) is 6.77. The van der Waals surface area contributed by atoms with Gasteiger partial charge in [0.25, 0.3) is 0 Å². The minimum atomic E-state index is -3.13. The van der Waals surface area contributed by atoms with Crippen molar-refractivity contribution in [3.63, 3.8) is 0 Å². The largest absolute Gasteiger partial charge is 0.316 e. The van der Waals surface area contributed by atoms with Crippen LogP contribution in [0.1, 0.15) is 27.2 Å². The maximum absolute atomic E-state index is 11.7. The molecule has 0 rings (SSSR count). The maximum atomic E-state index is 11.7. The number of hydrogen-bond acceptors (Lipinski definition) is 5. The van der Waals surface area contributed by atoms with E-state index >= 15 is 0 Å². The lowest BCUT2D eigenvalue weighted by atomic mass is 10.3. The first-order chi connectivity index (χ1) is 7.96. The second kappa shape index (κ2) is 6.83. The molecule has 0 aliphatic heterocycles. The molecule has 0 amide bonds. The normalized spacial score (nSPS) is 13.8. The molecule has 2 N–H and O–H groups in total. The molecule has 0 fully saturated rings. The predicted octanol–water partition coefficient (Wildman–Crippen LogP) is -0.271. The fourth-order valence-corrected chi connectivity index (χ4v) is 2.65. The van der Waals surface area contributed by atoms with E-state index in [1.54, 1.807) is 20.8 Å². The molecule has 110 valence electrons. The highest BCUT2D eigenvalue weighted by Gasteiger charge is 2.27. The van der Waals surface area contributed by atoms with Crippen LogP contribution in [0.4, 0.5) is 0 Å². The van der Waals surface area contributed by atoms with Crippen LogP contribution in [0.25, 0.3) is 0 Å². The molecule has 0 saturated heterocycles. The predicted molar refractivity (Wildman–Crippen MR) is 73.9 cm³/mol. The molecule has 0 aliphatic rings. The molecule has 0 saturated carbocycles. The quantitative estimate of drug-likeness (QED) is 0.602. The van der Waals surface area contributed by atoms with Gasteiger partial charge in [-0.3, -0.25) is 0 Å². The standard InChI is InChI=1S/C10H24N2O4S2/c1-10(2,3)18(15,16)9-8-11-6-5-7-12-17(4,13)14/h11-12H,5-9H2,1-4H3. The summed E-state index contributed by atoms with van der Waals surface area (Å²) >= 11 is 0. The van der Waals surface area contributed by atoms with E-state index in [9.17, 15) is 16.8 Å². The monoisotopic (exact) mass is 300 g/mol. The third-order valence-corrected chi connectivity index (χ3v) is 5.71. The molecule has 0 spiro atoms. The van der Waals surface area contributed by atoms with Crippen LogP contribution < -0.4 is 10.0 Å². The second-order valence-electron chi connectivity index (χ2n) is 5.20. The molecule has 6 nitrogen and oxygen atoms in total. The van der Waals surface area contributed by atoms with E-state index in [-0.39, 0.29) is 5.75 Å². The van der Waals surface area contributed by atoms with Gasteiger partial charge in [0, 0.05) is 13.1 Å². The van der Waals surface area contributed by atoms with Crippen LogP contribution in [-0.2, 0) is 19.9 Å². The zero-order valence-electron chi connectivity index (χ0n) is 11.5. The number of nitrogens with one attached hydrogen (secondary N) is 2. The Morgan fingerprint density at radius 1 is 0.944 bits per heavy atom. The Balaban J connectivity index is 3.71. The fourth-order valence-electron chi connectivity index (χ4n) is 1.11. The highest BCUT2D eigenvalue weighted by molar-refractivity contribution is 7.92. The van der Waals surface area contributed by atoms with Gasteiger partial charge in [-0.05, 0) is 33.7 Å². The Morgan fingerprint density at radius 2 is 1.50 bits per heavy atom. The summed E-state index contributed by atoms with van der Waals surface area (Å²) in [6, 6.07) is 0. The van der Waals surface area contributed by atoms with Gasteiger partial charge in [0.2, 0.25) is 10.0 Å². The molecule has 0 heterocycles. The van der Waals surface area contributed by atoms with E-state index in [0.717, 1.165) is 6.26 Å². The van der Waals surface area contributed by atoms with Crippen molar-refractivity contribution >= 4 is 19.9 Å². The lowest BCUT2D eigenvalue weighted by Crippen LogP contribution is -2.35. The number of sulfone groups is 1. The van der Waals surface area contributed by atoms with E-state index in [1.807, 2.05) is 0 Å². The lowest BCUT2D eigenvalue weighted by molar-refractivity contribution is 0.554. The smallest absolute Gasteiger partial charge is 0.208 e. The summed E-state index contributed by atoms with van der Waals surface area (Å²) in [4.78, 5) is 0. The van der Waals surface area contributed by atoms with Crippen molar-refractivity contribution in [2.24, 2.45) is 0 Å². The first-order valence-corrected chi connectivity index (χ1v) is 9.38. The van der Waals surface area contributed by atoms with E-state index in [1.165, 1.54) is 0 Å². The van der Waals surface area contributed by atoms with Crippen LogP contribution >= 0.6 is 0 Å². The molecule has 0 aromatic heterocycles. The van der Waals surface area contributed by atoms with Gasteiger partial charge in [0.05, 0.1) is 16.8 Å². The molecule has 0 aromatic rings. The van der Waals surface area contributed by atoms with Crippen LogP contribution in [0.2, 0.25) is 0 Å².